The van der Waals surface area contributed by atoms with Crippen molar-refractivity contribution in [3.63, 3.8) is 0 Å². The van der Waals surface area contributed by atoms with Crippen molar-refractivity contribution in [3.05, 3.63) is 23.6 Å². The smallest absolute Gasteiger partial charge is 0.142 e. The Morgan fingerprint density at radius 3 is 3.00 bits per heavy atom. The summed E-state index contributed by atoms with van der Waals surface area (Å²) in [6.07, 6.45) is 1.70. The van der Waals surface area contributed by atoms with Crippen LogP contribution in [-0.2, 0) is 6.61 Å². The Hall–Kier alpha value is -1.20. The third-order valence-electron chi connectivity index (χ3n) is 3.29. The molecule has 2 unspecified atom stereocenters. The van der Waals surface area contributed by atoms with Crippen molar-refractivity contribution in [2.24, 2.45) is 5.92 Å². The van der Waals surface area contributed by atoms with Crippen LogP contribution in [0.2, 0.25) is 0 Å². The maximum atomic E-state index is 13.0. The maximum absolute atomic E-state index is 13.0. The molecule has 0 amide bonds. The van der Waals surface area contributed by atoms with Gasteiger partial charge in [-0.2, -0.15) is 0 Å². The number of nitrogens with zero attached hydrogens (tertiary/aromatic N) is 2. The van der Waals surface area contributed by atoms with E-state index in [1.165, 1.54) is 6.07 Å². The predicted molar refractivity (Wildman–Crippen MR) is 62.1 cm³/mol. The lowest BCUT2D eigenvalue weighted by molar-refractivity contribution is 0.136. The molecule has 2 N–H and O–H groups in total. The van der Waals surface area contributed by atoms with Gasteiger partial charge >= 0.3 is 0 Å². The molecule has 0 spiro atoms. The molecular formula is C12H17FN2O2. The number of aliphatic hydroxyl groups excluding tert-OH is 2. The van der Waals surface area contributed by atoms with Crippen molar-refractivity contribution in [2.45, 2.75) is 26.1 Å². The molecule has 1 aromatic heterocycles. The van der Waals surface area contributed by atoms with Crippen molar-refractivity contribution >= 4 is 5.82 Å². The molecule has 94 valence electrons. The highest BCUT2D eigenvalue weighted by atomic mass is 19.1. The Bertz CT molecular complexity index is 398. The quantitative estimate of drug-likeness (QED) is 0.825. The van der Waals surface area contributed by atoms with Gasteiger partial charge in [-0.25, -0.2) is 9.37 Å². The van der Waals surface area contributed by atoms with Crippen molar-refractivity contribution < 1.29 is 14.6 Å². The fourth-order valence-corrected chi connectivity index (χ4v) is 2.25. The van der Waals surface area contributed by atoms with Gasteiger partial charge in [0.15, 0.2) is 0 Å². The molecule has 4 nitrogen and oxygen atoms in total. The Balaban J connectivity index is 2.18. The van der Waals surface area contributed by atoms with Gasteiger partial charge in [0.05, 0.1) is 18.9 Å². The summed E-state index contributed by atoms with van der Waals surface area (Å²) in [5.41, 5.74) is 0.497. The minimum atomic E-state index is -0.441. The third kappa shape index (κ3) is 2.56. The van der Waals surface area contributed by atoms with Gasteiger partial charge in [0, 0.05) is 24.6 Å². The molecule has 1 aliphatic rings. The third-order valence-corrected chi connectivity index (χ3v) is 3.29. The monoisotopic (exact) mass is 240 g/mol. The summed E-state index contributed by atoms with van der Waals surface area (Å²) in [6.45, 7) is 3.03. The molecule has 2 heterocycles. The Labute approximate surface area is 99.7 Å². The van der Waals surface area contributed by atoms with Crippen LogP contribution in [0.5, 0.6) is 0 Å². The number of halogens is 1. The second kappa shape index (κ2) is 4.98. The molecule has 1 fully saturated rings. The molecule has 0 radical (unpaired) electrons. The van der Waals surface area contributed by atoms with Crippen LogP contribution in [0, 0.1) is 11.7 Å². The van der Waals surface area contributed by atoms with Gasteiger partial charge < -0.3 is 15.1 Å². The minimum absolute atomic E-state index is 0.216. The fourth-order valence-electron chi connectivity index (χ4n) is 2.25. The Morgan fingerprint density at radius 2 is 2.41 bits per heavy atom. The summed E-state index contributed by atoms with van der Waals surface area (Å²) in [6, 6.07) is 1.30. The average Bonchev–Trinajstić information content (AvgIpc) is 2.78. The Morgan fingerprint density at radius 1 is 1.65 bits per heavy atom. The van der Waals surface area contributed by atoms with Gasteiger partial charge in [0.2, 0.25) is 0 Å². The molecule has 0 aromatic carbocycles. The summed E-state index contributed by atoms with van der Waals surface area (Å²) in [7, 11) is 0. The summed E-state index contributed by atoms with van der Waals surface area (Å²) in [5, 5.41) is 18.7. The van der Waals surface area contributed by atoms with Crippen LogP contribution in [0.4, 0.5) is 10.2 Å². The second-order valence-electron chi connectivity index (χ2n) is 4.53. The summed E-state index contributed by atoms with van der Waals surface area (Å²) in [4.78, 5) is 6.02. The lowest BCUT2D eigenvalue weighted by atomic mass is 10.0. The normalized spacial score (nSPS) is 21.9. The van der Waals surface area contributed by atoms with Crippen molar-refractivity contribution in [1.29, 1.82) is 0 Å². The molecule has 17 heavy (non-hydrogen) atoms. The average molecular weight is 240 g/mol. The second-order valence-corrected chi connectivity index (χ2v) is 4.53. The first-order chi connectivity index (χ1) is 8.11. The van der Waals surface area contributed by atoms with E-state index in [-0.39, 0.29) is 18.6 Å². The zero-order chi connectivity index (χ0) is 12.4. The fraction of sp³-hybridized carbons (Fsp3) is 0.583. The largest absolute Gasteiger partial charge is 0.393 e. The molecule has 2 rings (SSSR count). The van der Waals surface area contributed by atoms with Crippen LogP contribution >= 0.6 is 0 Å². The van der Waals surface area contributed by atoms with E-state index in [1.807, 2.05) is 4.90 Å². The standard InChI is InChI=1S/C12H17FN2O2/c1-8(17)9-2-3-15(6-9)12-10(7-16)4-11(13)5-14-12/h4-5,8-9,16-17H,2-3,6-7H2,1H3. The number of anilines is 1. The van der Waals surface area contributed by atoms with E-state index in [1.54, 1.807) is 6.92 Å². The van der Waals surface area contributed by atoms with Crippen LogP contribution in [0.15, 0.2) is 12.3 Å². The first-order valence-electron chi connectivity index (χ1n) is 5.80. The molecule has 0 saturated carbocycles. The Kier molecular flexibility index (Phi) is 3.59. The maximum Gasteiger partial charge on any atom is 0.142 e. The predicted octanol–water partition coefficient (Wildman–Crippen LogP) is 0.920. The highest BCUT2D eigenvalue weighted by Gasteiger charge is 2.27. The van der Waals surface area contributed by atoms with E-state index < -0.39 is 5.82 Å². The van der Waals surface area contributed by atoms with Crippen LogP contribution in [-0.4, -0.2) is 34.4 Å². The van der Waals surface area contributed by atoms with Crippen molar-refractivity contribution in [3.8, 4) is 0 Å². The molecule has 1 aliphatic heterocycles. The van der Waals surface area contributed by atoms with E-state index in [0.717, 1.165) is 19.2 Å². The summed E-state index contributed by atoms with van der Waals surface area (Å²) >= 11 is 0. The van der Waals surface area contributed by atoms with E-state index in [9.17, 15) is 14.6 Å². The number of rotatable bonds is 3. The molecule has 2 atom stereocenters. The zero-order valence-corrected chi connectivity index (χ0v) is 9.80. The van der Waals surface area contributed by atoms with Gasteiger partial charge in [0.25, 0.3) is 0 Å². The molecule has 0 aliphatic carbocycles. The molecule has 1 aromatic rings. The molecule has 1 saturated heterocycles. The van der Waals surface area contributed by atoms with Gasteiger partial charge in [-0.15, -0.1) is 0 Å². The first-order valence-corrected chi connectivity index (χ1v) is 5.80. The summed E-state index contributed by atoms with van der Waals surface area (Å²) in [5.74, 6) is 0.398. The lowest BCUT2D eigenvalue weighted by Gasteiger charge is -2.20. The number of hydrogen-bond donors (Lipinski definition) is 2. The van der Waals surface area contributed by atoms with Gasteiger partial charge in [-0.1, -0.05) is 0 Å². The SMILES string of the molecule is CC(O)C1CCN(c2ncc(F)cc2CO)C1. The zero-order valence-electron chi connectivity index (χ0n) is 9.80. The van der Waals surface area contributed by atoms with Gasteiger partial charge in [-0.3, -0.25) is 0 Å². The lowest BCUT2D eigenvalue weighted by Crippen LogP contribution is -2.25. The number of aromatic nitrogens is 1. The first kappa shape index (κ1) is 12.3. The number of hydrogen-bond acceptors (Lipinski definition) is 4. The van der Waals surface area contributed by atoms with E-state index >= 15 is 0 Å². The van der Waals surface area contributed by atoms with Crippen LogP contribution in [0.3, 0.4) is 0 Å². The summed E-state index contributed by atoms with van der Waals surface area (Å²) < 4.78 is 13.0. The molecule has 5 heteroatoms. The molecule has 0 bridgehead atoms. The number of aliphatic hydroxyl groups is 2. The van der Waals surface area contributed by atoms with E-state index in [2.05, 4.69) is 4.98 Å². The minimum Gasteiger partial charge on any atom is -0.393 e. The highest BCUT2D eigenvalue weighted by Crippen LogP contribution is 2.27. The van der Waals surface area contributed by atoms with E-state index in [4.69, 9.17) is 0 Å². The van der Waals surface area contributed by atoms with Crippen molar-refractivity contribution in [2.75, 3.05) is 18.0 Å². The topological polar surface area (TPSA) is 56.6 Å². The van der Waals surface area contributed by atoms with Crippen LogP contribution < -0.4 is 4.90 Å². The van der Waals surface area contributed by atoms with Gasteiger partial charge in [-0.05, 0) is 19.4 Å². The number of pyridine rings is 1. The van der Waals surface area contributed by atoms with Gasteiger partial charge in [0.1, 0.15) is 11.6 Å². The van der Waals surface area contributed by atoms with E-state index in [0.29, 0.717) is 17.9 Å². The van der Waals surface area contributed by atoms with Crippen LogP contribution in [0.25, 0.3) is 0 Å². The van der Waals surface area contributed by atoms with Crippen molar-refractivity contribution in [1.82, 2.24) is 4.98 Å². The molecular weight excluding hydrogens is 223 g/mol. The highest BCUT2D eigenvalue weighted by molar-refractivity contribution is 5.47. The van der Waals surface area contributed by atoms with Crippen LogP contribution in [0.1, 0.15) is 18.9 Å².